The molecule has 0 aliphatic heterocycles. The summed E-state index contributed by atoms with van der Waals surface area (Å²) in [6.07, 6.45) is 9.14. The highest BCUT2D eigenvalue weighted by Gasteiger charge is 1.93. The average molecular weight is 228 g/mol. The minimum absolute atomic E-state index is 0.423. The predicted octanol–water partition coefficient (Wildman–Crippen LogP) is 1.68. The molecule has 0 unspecified atom stereocenters. The van der Waals surface area contributed by atoms with E-state index in [-0.39, 0.29) is 0 Å². The Morgan fingerprint density at radius 2 is 1.31 bits per heavy atom. The lowest BCUT2D eigenvalue weighted by atomic mass is 10.1. The van der Waals surface area contributed by atoms with Gasteiger partial charge in [-0.3, -0.25) is 5.41 Å². The van der Waals surface area contributed by atoms with E-state index >= 15 is 0 Å². The van der Waals surface area contributed by atoms with Gasteiger partial charge in [-0.25, -0.2) is 0 Å². The molecule has 4 N–H and O–H groups in total. The summed E-state index contributed by atoms with van der Waals surface area (Å²) in [5, 5.41) is 16.3. The van der Waals surface area contributed by atoms with Gasteiger partial charge in [0.05, 0.1) is 0 Å². The van der Waals surface area contributed by atoms with Gasteiger partial charge < -0.3 is 16.0 Å². The highest BCUT2D eigenvalue weighted by Crippen LogP contribution is 2.06. The summed E-state index contributed by atoms with van der Waals surface area (Å²) in [4.78, 5) is 0. The molecule has 0 aromatic heterocycles. The van der Waals surface area contributed by atoms with Gasteiger partial charge >= 0.3 is 0 Å². The van der Waals surface area contributed by atoms with Gasteiger partial charge in [-0.2, -0.15) is 0 Å². The first-order chi connectivity index (χ1) is 7.81. The lowest BCUT2D eigenvalue weighted by molar-refractivity contribution is 0.567. The van der Waals surface area contributed by atoms with E-state index < -0.39 is 0 Å². The second-order valence-electron chi connectivity index (χ2n) is 4.13. The minimum atomic E-state index is 0.423. The molecule has 0 aromatic carbocycles. The van der Waals surface area contributed by atoms with E-state index in [9.17, 15) is 0 Å². The van der Waals surface area contributed by atoms with E-state index in [1.54, 1.807) is 7.05 Å². The first-order valence-electron chi connectivity index (χ1n) is 6.46. The van der Waals surface area contributed by atoms with Gasteiger partial charge in [-0.1, -0.05) is 32.1 Å². The zero-order valence-electron chi connectivity index (χ0n) is 10.9. The number of rotatable bonds is 10. The Morgan fingerprint density at radius 1 is 0.812 bits per heavy atom. The highest BCUT2D eigenvalue weighted by atomic mass is 15.1. The Hall–Kier alpha value is -0.770. The average Bonchev–Trinajstić information content (AvgIpc) is 2.31. The Kier molecular flexibility index (Phi) is 11.7. The molecule has 0 atom stereocenters. The summed E-state index contributed by atoms with van der Waals surface area (Å²) in [5.74, 6) is 0.423. The second-order valence-corrected chi connectivity index (χ2v) is 4.13. The lowest BCUT2D eigenvalue weighted by Crippen LogP contribution is -2.34. The van der Waals surface area contributed by atoms with Crippen molar-refractivity contribution in [3.05, 3.63) is 0 Å². The van der Waals surface area contributed by atoms with E-state index in [0.29, 0.717) is 5.96 Å². The summed E-state index contributed by atoms with van der Waals surface area (Å²) < 4.78 is 0. The van der Waals surface area contributed by atoms with Crippen molar-refractivity contribution in [3.8, 4) is 0 Å². The Balaban J connectivity index is 2.96. The van der Waals surface area contributed by atoms with Crippen LogP contribution < -0.4 is 16.0 Å². The Labute approximate surface area is 100 Å². The molecule has 0 saturated heterocycles. The normalized spacial score (nSPS) is 10.1. The van der Waals surface area contributed by atoms with Gasteiger partial charge in [0.2, 0.25) is 0 Å². The zero-order valence-corrected chi connectivity index (χ0v) is 10.9. The smallest absolute Gasteiger partial charge is 0.188 e. The van der Waals surface area contributed by atoms with E-state index in [1.165, 1.54) is 44.9 Å². The van der Waals surface area contributed by atoms with Crippen molar-refractivity contribution in [1.29, 1.82) is 5.41 Å². The molecule has 0 heterocycles. The van der Waals surface area contributed by atoms with E-state index in [2.05, 4.69) is 16.0 Å². The van der Waals surface area contributed by atoms with Gasteiger partial charge in [0.15, 0.2) is 5.96 Å². The number of unbranched alkanes of at least 4 members (excludes halogenated alkanes) is 6. The van der Waals surface area contributed by atoms with Gasteiger partial charge in [-0.15, -0.1) is 0 Å². The fraction of sp³-hybridized carbons (Fsp3) is 0.917. The third-order valence-corrected chi connectivity index (χ3v) is 2.66. The zero-order chi connectivity index (χ0) is 12.1. The first kappa shape index (κ1) is 15.2. The molecule has 0 amide bonds. The van der Waals surface area contributed by atoms with E-state index in [1.807, 2.05) is 7.05 Å². The molecule has 0 aromatic rings. The van der Waals surface area contributed by atoms with Crippen LogP contribution in [0.3, 0.4) is 0 Å². The molecule has 0 rings (SSSR count). The highest BCUT2D eigenvalue weighted by molar-refractivity contribution is 5.75. The van der Waals surface area contributed by atoms with Crippen LogP contribution in [0.1, 0.15) is 44.9 Å². The molecule has 0 aliphatic rings. The number of hydrogen-bond acceptors (Lipinski definition) is 2. The van der Waals surface area contributed by atoms with Crippen LogP contribution in [0, 0.1) is 5.41 Å². The fourth-order valence-corrected chi connectivity index (χ4v) is 1.61. The predicted molar refractivity (Wildman–Crippen MR) is 71.0 cm³/mol. The Bertz CT molecular complexity index is 159. The quantitative estimate of drug-likeness (QED) is 0.261. The van der Waals surface area contributed by atoms with Crippen molar-refractivity contribution in [3.63, 3.8) is 0 Å². The molecular weight excluding hydrogens is 200 g/mol. The number of hydrogen-bond donors (Lipinski definition) is 4. The van der Waals surface area contributed by atoms with Gasteiger partial charge in [0.25, 0.3) is 0 Å². The van der Waals surface area contributed by atoms with Crippen molar-refractivity contribution in [2.75, 3.05) is 27.2 Å². The summed E-state index contributed by atoms with van der Waals surface area (Å²) in [5.41, 5.74) is 0. The molecule has 96 valence electrons. The maximum Gasteiger partial charge on any atom is 0.188 e. The van der Waals surface area contributed by atoms with Crippen LogP contribution in [0.5, 0.6) is 0 Å². The largest absolute Gasteiger partial charge is 0.360 e. The van der Waals surface area contributed by atoms with Crippen LogP contribution in [-0.2, 0) is 0 Å². The fourth-order valence-electron chi connectivity index (χ4n) is 1.61. The number of nitrogens with one attached hydrogen (secondary N) is 4. The second kappa shape index (κ2) is 12.3. The summed E-state index contributed by atoms with van der Waals surface area (Å²) >= 11 is 0. The molecule has 0 spiro atoms. The molecule has 4 heteroatoms. The maximum absolute atomic E-state index is 7.32. The van der Waals surface area contributed by atoms with Crippen LogP contribution in [0.2, 0.25) is 0 Å². The topological polar surface area (TPSA) is 59.9 Å². The lowest BCUT2D eigenvalue weighted by Gasteiger charge is -2.06. The molecule has 0 saturated carbocycles. The Morgan fingerprint density at radius 3 is 1.81 bits per heavy atom. The van der Waals surface area contributed by atoms with Crippen molar-refractivity contribution in [1.82, 2.24) is 16.0 Å². The van der Waals surface area contributed by atoms with Crippen LogP contribution in [-0.4, -0.2) is 33.1 Å². The monoisotopic (exact) mass is 228 g/mol. The van der Waals surface area contributed by atoms with Crippen LogP contribution in [0.25, 0.3) is 0 Å². The molecule has 0 radical (unpaired) electrons. The maximum atomic E-state index is 7.32. The first-order valence-corrected chi connectivity index (χ1v) is 6.46. The third-order valence-electron chi connectivity index (χ3n) is 2.66. The summed E-state index contributed by atoms with van der Waals surface area (Å²) in [6, 6.07) is 0. The van der Waals surface area contributed by atoms with Gasteiger partial charge in [-0.05, 0) is 26.4 Å². The number of guanidine groups is 1. The molecular formula is C12H28N4. The van der Waals surface area contributed by atoms with E-state index in [0.717, 1.165) is 13.1 Å². The molecule has 4 nitrogen and oxygen atoms in total. The van der Waals surface area contributed by atoms with E-state index in [4.69, 9.17) is 5.41 Å². The SMILES string of the molecule is CNCCCCCCCCCNC(=N)NC. The standard InChI is InChI=1S/C12H28N4/c1-14-10-8-6-4-3-5-7-9-11-16-12(13)15-2/h14H,3-11H2,1-2H3,(H3,13,15,16). The molecule has 0 bridgehead atoms. The summed E-state index contributed by atoms with van der Waals surface area (Å²) in [6.45, 7) is 2.06. The van der Waals surface area contributed by atoms with Crippen LogP contribution in [0.4, 0.5) is 0 Å². The van der Waals surface area contributed by atoms with Crippen molar-refractivity contribution in [2.45, 2.75) is 44.9 Å². The van der Waals surface area contributed by atoms with Crippen LogP contribution >= 0.6 is 0 Å². The van der Waals surface area contributed by atoms with Gasteiger partial charge in [0, 0.05) is 13.6 Å². The minimum Gasteiger partial charge on any atom is -0.360 e. The third kappa shape index (κ3) is 11.3. The van der Waals surface area contributed by atoms with Crippen molar-refractivity contribution in [2.24, 2.45) is 0 Å². The van der Waals surface area contributed by atoms with Crippen molar-refractivity contribution < 1.29 is 0 Å². The van der Waals surface area contributed by atoms with Crippen LogP contribution in [0.15, 0.2) is 0 Å². The van der Waals surface area contributed by atoms with Gasteiger partial charge in [0.1, 0.15) is 0 Å². The summed E-state index contributed by atoms with van der Waals surface area (Å²) in [7, 11) is 3.77. The molecule has 0 aliphatic carbocycles. The molecule has 0 fully saturated rings. The van der Waals surface area contributed by atoms with Crippen molar-refractivity contribution >= 4 is 5.96 Å². The molecule has 16 heavy (non-hydrogen) atoms.